The van der Waals surface area contributed by atoms with Gasteiger partial charge in [0.2, 0.25) is 0 Å². The maximum absolute atomic E-state index is 9.45. The Morgan fingerprint density at radius 3 is 2.33 bits per heavy atom. The summed E-state index contributed by atoms with van der Waals surface area (Å²) in [5.41, 5.74) is 8.24. The maximum Gasteiger partial charge on any atom is 0.138 e. The quantitative estimate of drug-likeness (QED) is 0.576. The van der Waals surface area contributed by atoms with E-state index < -0.39 is 0 Å². The average Bonchev–Trinajstić information content (AvgIpc) is 2.25. The van der Waals surface area contributed by atoms with Crippen LogP contribution in [0.2, 0.25) is 0 Å². The number of aromatic hydroxyl groups is 1. The van der Waals surface area contributed by atoms with Gasteiger partial charge in [-0.05, 0) is 29.7 Å². The summed E-state index contributed by atoms with van der Waals surface area (Å²) in [5, 5.41) is 9.45. The third-order valence-electron chi connectivity index (χ3n) is 2.35. The molecule has 0 atom stereocenters. The number of nitrogens with two attached hydrogens (primary N) is 1. The van der Waals surface area contributed by atoms with E-state index in [0.717, 1.165) is 12.0 Å². The smallest absolute Gasteiger partial charge is 0.138 e. The lowest BCUT2D eigenvalue weighted by molar-refractivity contribution is 0.477. The first-order chi connectivity index (χ1) is 7.25. The monoisotopic (exact) mass is 199 g/mol. The molecule has 2 rings (SSSR count). The molecule has 0 fully saturated rings. The molecule has 0 saturated heterocycles. The van der Waals surface area contributed by atoms with Crippen LogP contribution < -0.4 is 5.73 Å². The van der Waals surface area contributed by atoms with Gasteiger partial charge in [0, 0.05) is 0 Å². The number of nitrogen functional groups attached to an aromatic ring is 1. The van der Waals surface area contributed by atoms with Crippen molar-refractivity contribution >= 4 is 5.69 Å². The molecular formula is C13H13NO. The normalized spacial score (nSPS) is 10.1. The van der Waals surface area contributed by atoms with E-state index in [0.29, 0.717) is 5.69 Å². The predicted octanol–water partition coefficient (Wildman–Crippen LogP) is 2.57. The minimum Gasteiger partial charge on any atom is -0.506 e. The van der Waals surface area contributed by atoms with Crippen molar-refractivity contribution < 1.29 is 5.11 Å². The average molecular weight is 199 g/mol. The summed E-state index contributed by atoms with van der Waals surface area (Å²) in [6, 6.07) is 15.5. The highest BCUT2D eigenvalue weighted by Gasteiger charge is 1.99. The lowest BCUT2D eigenvalue weighted by Crippen LogP contribution is -1.90. The molecule has 15 heavy (non-hydrogen) atoms. The fraction of sp³-hybridized carbons (Fsp3) is 0.0769. The zero-order valence-corrected chi connectivity index (χ0v) is 8.35. The Balaban J connectivity index is 2.22. The van der Waals surface area contributed by atoms with Gasteiger partial charge in [0.25, 0.3) is 0 Å². The van der Waals surface area contributed by atoms with E-state index in [-0.39, 0.29) is 5.75 Å². The van der Waals surface area contributed by atoms with Crippen molar-refractivity contribution in [3.8, 4) is 5.75 Å². The second-order valence-electron chi connectivity index (χ2n) is 3.56. The topological polar surface area (TPSA) is 46.2 Å². The third kappa shape index (κ3) is 2.29. The lowest BCUT2D eigenvalue weighted by Gasteiger charge is -2.04. The van der Waals surface area contributed by atoms with Crippen molar-refractivity contribution in [1.82, 2.24) is 0 Å². The first-order valence-electron chi connectivity index (χ1n) is 4.87. The minimum atomic E-state index is 0.156. The molecule has 2 heteroatoms. The van der Waals surface area contributed by atoms with E-state index in [1.807, 2.05) is 24.3 Å². The summed E-state index contributed by atoms with van der Waals surface area (Å²) in [5.74, 6) is 0.156. The second kappa shape index (κ2) is 4.05. The van der Waals surface area contributed by atoms with Crippen molar-refractivity contribution in [2.75, 3.05) is 5.73 Å². The Morgan fingerprint density at radius 2 is 1.67 bits per heavy atom. The maximum atomic E-state index is 9.45. The standard InChI is InChI=1S/C13H13NO/c14-12-7-6-11(9-13(12)15)8-10-4-2-1-3-5-10/h1-7,9,15H,8,14H2. The van der Waals surface area contributed by atoms with E-state index in [9.17, 15) is 5.11 Å². The summed E-state index contributed by atoms with van der Waals surface area (Å²) >= 11 is 0. The van der Waals surface area contributed by atoms with Gasteiger partial charge >= 0.3 is 0 Å². The highest BCUT2D eigenvalue weighted by Crippen LogP contribution is 2.22. The molecule has 76 valence electrons. The molecule has 0 aliphatic heterocycles. The number of hydrogen-bond donors (Lipinski definition) is 2. The van der Waals surface area contributed by atoms with Gasteiger partial charge in [-0.3, -0.25) is 0 Å². The summed E-state index contributed by atoms with van der Waals surface area (Å²) in [7, 11) is 0. The third-order valence-corrected chi connectivity index (χ3v) is 2.35. The van der Waals surface area contributed by atoms with Crippen molar-refractivity contribution in [1.29, 1.82) is 0 Å². The van der Waals surface area contributed by atoms with Gasteiger partial charge in [0.1, 0.15) is 5.75 Å². The molecule has 0 bridgehead atoms. The molecule has 2 nitrogen and oxygen atoms in total. The Hall–Kier alpha value is -1.96. The Morgan fingerprint density at radius 1 is 0.933 bits per heavy atom. The SMILES string of the molecule is Nc1ccc(Cc2ccccc2)cc1O. The van der Waals surface area contributed by atoms with E-state index in [1.165, 1.54) is 5.56 Å². The van der Waals surface area contributed by atoms with Gasteiger partial charge in [-0.1, -0.05) is 36.4 Å². The van der Waals surface area contributed by atoms with Crippen molar-refractivity contribution in [3.05, 3.63) is 59.7 Å². The van der Waals surface area contributed by atoms with Crippen LogP contribution in [-0.2, 0) is 6.42 Å². The molecule has 2 aromatic rings. The van der Waals surface area contributed by atoms with Gasteiger partial charge in [-0.2, -0.15) is 0 Å². The highest BCUT2D eigenvalue weighted by atomic mass is 16.3. The molecule has 0 aliphatic carbocycles. The van der Waals surface area contributed by atoms with E-state index in [1.54, 1.807) is 12.1 Å². The van der Waals surface area contributed by atoms with Crippen molar-refractivity contribution in [2.45, 2.75) is 6.42 Å². The van der Waals surface area contributed by atoms with Crippen LogP contribution in [-0.4, -0.2) is 5.11 Å². The molecule has 0 unspecified atom stereocenters. The van der Waals surface area contributed by atoms with E-state index in [2.05, 4.69) is 12.1 Å². The van der Waals surface area contributed by atoms with Crippen LogP contribution in [0.1, 0.15) is 11.1 Å². The fourth-order valence-corrected chi connectivity index (χ4v) is 1.53. The Labute approximate surface area is 89.0 Å². The van der Waals surface area contributed by atoms with Crippen LogP contribution >= 0.6 is 0 Å². The predicted molar refractivity (Wildman–Crippen MR) is 61.8 cm³/mol. The van der Waals surface area contributed by atoms with Gasteiger partial charge in [-0.15, -0.1) is 0 Å². The largest absolute Gasteiger partial charge is 0.506 e. The number of phenolic OH excluding ortho intramolecular Hbond substituents is 1. The van der Waals surface area contributed by atoms with Gasteiger partial charge in [-0.25, -0.2) is 0 Å². The lowest BCUT2D eigenvalue weighted by atomic mass is 10.0. The first kappa shape index (κ1) is 9.59. The number of phenols is 1. The molecule has 3 N–H and O–H groups in total. The summed E-state index contributed by atoms with van der Waals surface area (Å²) < 4.78 is 0. The van der Waals surface area contributed by atoms with Crippen LogP contribution in [0.5, 0.6) is 5.75 Å². The molecular weight excluding hydrogens is 186 g/mol. The van der Waals surface area contributed by atoms with Crippen molar-refractivity contribution in [2.24, 2.45) is 0 Å². The molecule has 0 amide bonds. The second-order valence-corrected chi connectivity index (χ2v) is 3.56. The molecule has 0 saturated carbocycles. The van der Waals surface area contributed by atoms with Crippen LogP contribution in [0.4, 0.5) is 5.69 Å². The molecule has 0 aromatic heterocycles. The number of benzene rings is 2. The van der Waals surface area contributed by atoms with Crippen LogP contribution in [0.3, 0.4) is 0 Å². The molecule has 0 aliphatic rings. The van der Waals surface area contributed by atoms with Crippen molar-refractivity contribution in [3.63, 3.8) is 0 Å². The zero-order valence-electron chi connectivity index (χ0n) is 8.35. The first-order valence-corrected chi connectivity index (χ1v) is 4.87. The Kier molecular flexibility index (Phi) is 2.59. The highest BCUT2D eigenvalue weighted by molar-refractivity contribution is 5.53. The van der Waals surface area contributed by atoms with Gasteiger partial charge < -0.3 is 10.8 Å². The summed E-state index contributed by atoms with van der Waals surface area (Å²) in [6.45, 7) is 0. The van der Waals surface area contributed by atoms with Gasteiger partial charge in [0.15, 0.2) is 0 Å². The number of anilines is 1. The molecule has 2 aromatic carbocycles. The Bertz CT molecular complexity index is 451. The molecule has 0 heterocycles. The summed E-state index contributed by atoms with van der Waals surface area (Å²) in [6.07, 6.45) is 0.814. The van der Waals surface area contributed by atoms with E-state index >= 15 is 0 Å². The number of hydrogen-bond acceptors (Lipinski definition) is 2. The van der Waals surface area contributed by atoms with Gasteiger partial charge in [0.05, 0.1) is 5.69 Å². The van der Waals surface area contributed by atoms with Crippen LogP contribution in [0, 0.1) is 0 Å². The molecule has 0 radical (unpaired) electrons. The fourth-order valence-electron chi connectivity index (χ4n) is 1.53. The van der Waals surface area contributed by atoms with Crippen LogP contribution in [0.15, 0.2) is 48.5 Å². The van der Waals surface area contributed by atoms with Crippen LogP contribution in [0.25, 0.3) is 0 Å². The summed E-state index contributed by atoms with van der Waals surface area (Å²) in [4.78, 5) is 0. The molecule has 0 spiro atoms. The minimum absolute atomic E-state index is 0.156. The number of rotatable bonds is 2. The zero-order chi connectivity index (χ0) is 10.7. The van der Waals surface area contributed by atoms with E-state index in [4.69, 9.17) is 5.73 Å².